The van der Waals surface area contributed by atoms with Gasteiger partial charge in [-0.25, -0.2) is 0 Å². The van der Waals surface area contributed by atoms with Crippen LogP contribution in [0.5, 0.6) is 0 Å². The fraction of sp³-hybridized carbons (Fsp3) is 1.00. The van der Waals surface area contributed by atoms with Gasteiger partial charge in [0.2, 0.25) is 0 Å². The molecule has 0 saturated heterocycles. The summed E-state index contributed by atoms with van der Waals surface area (Å²) >= 11 is 0. The molecule has 0 fully saturated rings. The summed E-state index contributed by atoms with van der Waals surface area (Å²) in [6, 6.07) is 0. The van der Waals surface area contributed by atoms with Crippen molar-refractivity contribution in [2.75, 3.05) is 123 Å². The zero-order valence-electron chi connectivity index (χ0n) is 18.3. The van der Waals surface area contributed by atoms with Crippen LogP contribution in [-0.2, 0) is 0 Å². The van der Waals surface area contributed by atoms with Gasteiger partial charge in [-0.15, -0.1) is 0 Å². The molecular weight excluding hydrogens is 388 g/mol. The second-order valence-corrected chi connectivity index (χ2v) is 7.82. The molecule has 0 unspecified atom stereocenters. The van der Waals surface area contributed by atoms with Crippen molar-refractivity contribution in [1.29, 1.82) is 0 Å². The molecule has 0 heterocycles. The van der Waals surface area contributed by atoms with Crippen LogP contribution in [0.4, 0.5) is 0 Å². The molecule has 0 rings (SSSR count). The molecule has 0 N–H and O–H groups in total. The molecule has 6 nitrogen and oxygen atoms in total. The van der Waals surface area contributed by atoms with E-state index in [0.29, 0.717) is 0 Å². The molecule has 7 heteroatoms. The Labute approximate surface area is 196 Å². The Kier molecular flexibility index (Phi) is 24.7. The molecule has 0 aromatic carbocycles. The van der Waals surface area contributed by atoms with Gasteiger partial charge in [-0.1, -0.05) is 0 Å². The standard InChI is InChI=1S/2C9H23N3.Sr.2H/c2*1-10(2)6-8-12(5)9-7-11(3)4;;;/h2*6-9H2,1-5H3;;;. The van der Waals surface area contributed by atoms with Gasteiger partial charge in [0, 0.05) is 52.4 Å². The summed E-state index contributed by atoms with van der Waals surface area (Å²) in [6.07, 6.45) is 0. The third-order valence-electron chi connectivity index (χ3n) is 3.72. The summed E-state index contributed by atoms with van der Waals surface area (Å²) in [6.45, 7) is 9.19. The van der Waals surface area contributed by atoms with Crippen LogP contribution >= 0.6 is 0 Å². The van der Waals surface area contributed by atoms with E-state index in [-0.39, 0.29) is 45.5 Å². The molecule has 0 aliphatic carbocycles. The second kappa shape index (κ2) is 20.0. The van der Waals surface area contributed by atoms with Crippen molar-refractivity contribution < 1.29 is 0 Å². The first-order valence-electron chi connectivity index (χ1n) is 9.00. The molecule has 0 aliphatic heterocycles. The summed E-state index contributed by atoms with van der Waals surface area (Å²) in [5.41, 5.74) is 0. The molecule has 0 bridgehead atoms. The summed E-state index contributed by atoms with van der Waals surface area (Å²) in [7, 11) is 21.2. The van der Waals surface area contributed by atoms with Crippen molar-refractivity contribution in [2.24, 2.45) is 0 Å². The van der Waals surface area contributed by atoms with Gasteiger partial charge in [0.15, 0.2) is 0 Å². The van der Waals surface area contributed by atoms with Crippen LogP contribution in [0.15, 0.2) is 0 Å². The van der Waals surface area contributed by atoms with Crippen LogP contribution in [-0.4, -0.2) is 198 Å². The number of hydrogen-bond donors (Lipinski definition) is 0. The van der Waals surface area contributed by atoms with Crippen molar-refractivity contribution in [3.8, 4) is 0 Å². The third kappa shape index (κ3) is 30.2. The predicted molar refractivity (Wildman–Crippen MR) is 118 cm³/mol. The van der Waals surface area contributed by atoms with Crippen LogP contribution in [0.25, 0.3) is 0 Å². The van der Waals surface area contributed by atoms with Gasteiger partial charge in [-0.3, -0.25) is 0 Å². The quantitative estimate of drug-likeness (QED) is 0.370. The van der Waals surface area contributed by atoms with E-state index in [0.717, 1.165) is 52.4 Å². The van der Waals surface area contributed by atoms with Gasteiger partial charge in [-0.2, -0.15) is 0 Å². The summed E-state index contributed by atoms with van der Waals surface area (Å²) in [5, 5.41) is 0. The van der Waals surface area contributed by atoms with Crippen molar-refractivity contribution in [2.45, 2.75) is 0 Å². The number of hydrogen-bond acceptors (Lipinski definition) is 6. The Hall–Kier alpha value is 1.24. The van der Waals surface area contributed by atoms with Crippen LogP contribution in [0.2, 0.25) is 0 Å². The fourth-order valence-electron chi connectivity index (χ4n) is 1.71. The van der Waals surface area contributed by atoms with Gasteiger partial charge in [0.1, 0.15) is 0 Å². The molecule has 0 aliphatic rings. The normalized spacial score (nSPS) is 11.5. The van der Waals surface area contributed by atoms with Crippen LogP contribution in [0.1, 0.15) is 0 Å². The van der Waals surface area contributed by atoms with Crippen molar-refractivity contribution in [3.05, 3.63) is 0 Å². The molecule has 0 aromatic heterocycles. The van der Waals surface area contributed by atoms with E-state index in [1.54, 1.807) is 0 Å². The van der Waals surface area contributed by atoms with E-state index in [2.05, 4.69) is 99.9 Å². The average Bonchev–Trinajstić information content (AvgIpc) is 2.47. The fourth-order valence-corrected chi connectivity index (χ4v) is 1.71. The van der Waals surface area contributed by atoms with Crippen molar-refractivity contribution in [3.63, 3.8) is 0 Å². The van der Waals surface area contributed by atoms with Gasteiger partial charge in [0.25, 0.3) is 0 Å². The van der Waals surface area contributed by atoms with Crippen molar-refractivity contribution in [1.82, 2.24) is 29.4 Å². The number of likely N-dealkylation sites (N-methyl/N-ethyl adjacent to an activating group) is 6. The monoisotopic (exact) mass is 436 g/mol. The minimum atomic E-state index is 0. The van der Waals surface area contributed by atoms with E-state index in [1.165, 1.54) is 0 Å². The van der Waals surface area contributed by atoms with E-state index >= 15 is 0 Å². The van der Waals surface area contributed by atoms with Crippen LogP contribution in [0, 0.1) is 0 Å². The molecule has 0 aromatic rings. The predicted octanol–water partition coefficient (Wildman–Crippen LogP) is -0.833. The Morgan fingerprint density at radius 1 is 0.320 bits per heavy atom. The Morgan fingerprint density at radius 2 is 0.480 bits per heavy atom. The molecule has 25 heavy (non-hydrogen) atoms. The van der Waals surface area contributed by atoms with E-state index in [4.69, 9.17) is 0 Å². The van der Waals surface area contributed by atoms with E-state index in [9.17, 15) is 0 Å². The van der Waals surface area contributed by atoms with Crippen LogP contribution in [0.3, 0.4) is 0 Å². The molecule has 0 spiro atoms. The zero-order valence-corrected chi connectivity index (χ0v) is 18.3. The Morgan fingerprint density at radius 3 is 0.600 bits per heavy atom. The maximum absolute atomic E-state index is 2.36. The second-order valence-electron chi connectivity index (χ2n) is 7.82. The van der Waals surface area contributed by atoms with E-state index in [1.807, 2.05) is 0 Å². The molecule has 0 amide bonds. The molecule has 0 atom stereocenters. The van der Waals surface area contributed by atoms with Crippen molar-refractivity contribution >= 4 is 45.5 Å². The van der Waals surface area contributed by atoms with Gasteiger partial charge in [-0.05, 0) is 70.5 Å². The number of nitrogens with zero attached hydrogens (tertiary/aromatic N) is 6. The molecule has 0 radical (unpaired) electrons. The Bertz CT molecular complexity index is 212. The topological polar surface area (TPSA) is 19.4 Å². The first-order valence-corrected chi connectivity index (χ1v) is 9.00. The summed E-state index contributed by atoms with van der Waals surface area (Å²) in [5.74, 6) is 0. The first-order chi connectivity index (χ1) is 11.0. The molecular formula is C18H48N6Sr. The van der Waals surface area contributed by atoms with Gasteiger partial charge >= 0.3 is 45.5 Å². The SMILES string of the molecule is CN(C)CCN(C)CCN(C)C.CN(C)CCN(C)CCN(C)C.[SrH2]. The molecule has 152 valence electrons. The number of rotatable bonds is 12. The maximum atomic E-state index is 2.36. The summed E-state index contributed by atoms with van der Waals surface area (Å²) < 4.78 is 0. The zero-order chi connectivity index (χ0) is 19.1. The van der Waals surface area contributed by atoms with Gasteiger partial charge in [0.05, 0.1) is 0 Å². The van der Waals surface area contributed by atoms with Crippen LogP contribution < -0.4 is 0 Å². The van der Waals surface area contributed by atoms with E-state index < -0.39 is 0 Å². The molecule has 0 saturated carbocycles. The average molecular weight is 436 g/mol. The minimum absolute atomic E-state index is 0. The van der Waals surface area contributed by atoms with Gasteiger partial charge < -0.3 is 29.4 Å². The first kappa shape index (κ1) is 31.0. The Balaban J connectivity index is -0.000000372. The summed E-state index contributed by atoms with van der Waals surface area (Å²) in [4.78, 5) is 13.6. The third-order valence-corrected chi connectivity index (χ3v) is 3.72.